The molecule has 0 amide bonds. The molecular weight excluding hydrogens is 314 g/mol. The summed E-state index contributed by atoms with van der Waals surface area (Å²) >= 11 is 0. The Kier molecular flexibility index (Phi) is 4.14. The van der Waals surface area contributed by atoms with Crippen molar-refractivity contribution in [2.75, 3.05) is 25.7 Å². The SMILES string of the molecule is COc1cc2ncnc(N3CCCCc4ccccc43)c2cc1OC. The minimum Gasteiger partial charge on any atom is -0.493 e. The minimum atomic E-state index is 0.677. The zero-order valence-electron chi connectivity index (χ0n) is 14.5. The van der Waals surface area contributed by atoms with E-state index >= 15 is 0 Å². The highest BCUT2D eigenvalue weighted by molar-refractivity contribution is 5.94. The lowest BCUT2D eigenvalue weighted by atomic mass is 10.1. The highest BCUT2D eigenvalue weighted by Gasteiger charge is 2.20. The maximum Gasteiger partial charge on any atom is 0.162 e. The van der Waals surface area contributed by atoms with Gasteiger partial charge in [0.1, 0.15) is 12.1 Å². The van der Waals surface area contributed by atoms with Gasteiger partial charge in [-0.25, -0.2) is 9.97 Å². The number of nitrogens with zero attached hydrogens (tertiary/aromatic N) is 3. The topological polar surface area (TPSA) is 47.5 Å². The molecule has 2 heterocycles. The van der Waals surface area contributed by atoms with E-state index in [0.717, 1.165) is 36.1 Å². The zero-order chi connectivity index (χ0) is 17.2. The predicted molar refractivity (Wildman–Crippen MR) is 99.0 cm³/mol. The number of aromatic nitrogens is 2. The van der Waals surface area contributed by atoms with Gasteiger partial charge in [-0.3, -0.25) is 0 Å². The van der Waals surface area contributed by atoms with Crippen molar-refractivity contribution in [2.45, 2.75) is 19.3 Å². The van der Waals surface area contributed by atoms with Gasteiger partial charge in [-0.05, 0) is 37.0 Å². The smallest absolute Gasteiger partial charge is 0.162 e. The molecule has 2 aromatic carbocycles. The van der Waals surface area contributed by atoms with E-state index in [1.807, 2.05) is 12.1 Å². The van der Waals surface area contributed by atoms with Gasteiger partial charge in [-0.2, -0.15) is 0 Å². The van der Waals surface area contributed by atoms with Gasteiger partial charge in [0, 0.05) is 23.7 Å². The van der Waals surface area contributed by atoms with E-state index in [0.29, 0.717) is 11.5 Å². The first-order valence-corrected chi connectivity index (χ1v) is 8.54. The Morgan fingerprint density at radius 2 is 1.76 bits per heavy atom. The molecule has 1 aliphatic heterocycles. The number of anilines is 2. The fourth-order valence-corrected chi connectivity index (χ4v) is 3.50. The number of ether oxygens (including phenoxy) is 2. The largest absolute Gasteiger partial charge is 0.493 e. The fraction of sp³-hybridized carbons (Fsp3) is 0.300. The summed E-state index contributed by atoms with van der Waals surface area (Å²) in [5, 5.41) is 0.969. The molecule has 3 aromatic rings. The van der Waals surface area contributed by atoms with E-state index < -0.39 is 0 Å². The van der Waals surface area contributed by atoms with Gasteiger partial charge >= 0.3 is 0 Å². The highest BCUT2D eigenvalue weighted by atomic mass is 16.5. The van der Waals surface area contributed by atoms with Crippen LogP contribution in [0.25, 0.3) is 10.9 Å². The van der Waals surface area contributed by atoms with Crippen molar-refractivity contribution in [1.29, 1.82) is 0 Å². The van der Waals surface area contributed by atoms with E-state index in [1.54, 1.807) is 20.5 Å². The Bertz CT molecular complexity index is 911. The van der Waals surface area contributed by atoms with E-state index in [4.69, 9.17) is 9.47 Å². The Morgan fingerprint density at radius 1 is 0.960 bits per heavy atom. The van der Waals surface area contributed by atoms with Gasteiger partial charge in [0.05, 0.1) is 19.7 Å². The van der Waals surface area contributed by atoms with Crippen molar-refractivity contribution in [3.05, 3.63) is 48.3 Å². The second-order valence-electron chi connectivity index (χ2n) is 6.16. The van der Waals surface area contributed by atoms with Crippen LogP contribution in [-0.2, 0) is 6.42 Å². The van der Waals surface area contributed by atoms with Crippen molar-refractivity contribution in [3.8, 4) is 11.5 Å². The van der Waals surface area contributed by atoms with Crippen LogP contribution in [0.1, 0.15) is 18.4 Å². The maximum atomic E-state index is 5.48. The number of methoxy groups -OCH3 is 2. The molecule has 0 N–H and O–H groups in total. The summed E-state index contributed by atoms with van der Waals surface area (Å²) in [5.74, 6) is 2.28. The average molecular weight is 335 g/mol. The molecule has 0 atom stereocenters. The van der Waals surface area contributed by atoms with Gasteiger partial charge in [0.15, 0.2) is 11.5 Å². The summed E-state index contributed by atoms with van der Waals surface area (Å²) in [5.41, 5.74) is 3.45. The second kappa shape index (κ2) is 6.59. The molecule has 5 nitrogen and oxygen atoms in total. The normalized spacial score (nSPS) is 14.1. The molecule has 0 fully saturated rings. The quantitative estimate of drug-likeness (QED) is 0.720. The van der Waals surface area contributed by atoms with Gasteiger partial charge in [0.2, 0.25) is 0 Å². The summed E-state index contributed by atoms with van der Waals surface area (Å²) in [6.45, 7) is 0.942. The fourth-order valence-electron chi connectivity index (χ4n) is 3.50. The van der Waals surface area contributed by atoms with Gasteiger partial charge in [-0.15, -0.1) is 0 Å². The van der Waals surface area contributed by atoms with Crippen LogP contribution in [0.15, 0.2) is 42.7 Å². The third-order valence-corrected chi connectivity index (χ3v) is 4.74. The Balaban J connectivity index is 1.92. The first-order chi connectivity index (χ1) is 12.3. The lowest BCUT2D eigenvalue weighted by molar-refractivity contribution is 0.356. The number of hydrogen-bond donors (Lipinski definition) is 0. The average Bonchev–Trinajstić information content (AvgIpc) is 2.88. The van der Waals surface area contributed by atoms with Crippen molar-refractivity contribution in [2.24, 2.45) is 0 Å². The predicted octanol–water partition coefficient (Wildman–Crippen LogP) is 4.12. The van der Waals surface area contributed by atoms with Crippen LogP contribution in [0, 0.1) is 0 Å². The molecule has 0 radical (unpaired) electrons. The number of rotatable bonds is 3. The van der Waals surface area contributed by atoms with E-state index in [-0.39, 0.29) is 0 Å². The van der Waals surface area contributed by atoms with Crippen LogP contribution >= 0.6 is 0 Å². The molecule has 0 saturated heterocycles. The van der Waals surface area contributed by atoms with Crippen molar-refractivity contribution < 1.29 is 9.47 Å². The van der Waals surface area contributed by atoms with Gasteiger partial charge in [0.25, 0.3) is 0 Å². The van der Waals surface area contributed by atoms with Crippen molar-refractivity contribution >= 4 is 22.4 Å². The van der Waals surface area contributed by atoms with Crippen LogP contribution in [0.5, 0.6) is 11.5 Å². The molecule has 0 bridgehead atoms. The molecule has 4 rings (SSSR count). The van der Waals surface area contributed by atoms with Crippen LogP contribution < -0.4 is 14.4 Å². The second-order valence-corrected chi connectivity index (χ2v) is 6.16. The van der Waals surface area contributed by atoms with Crippen LogP contribution in [0.2, 0.25) is 0 Å². The van der Waals surface area contributed by atoms with Gasteiger partial charge < -0.3 is 14.4 Å². The van der Waals surface area contributed by atoms with Crippen LogP contribution in [0.4, 0.5) is 11.5 Å². The molecule has 1 aromatic heterocycles. The standard InChI is InChI=1S/C20H21N3O2/c1-24-18-11-15-16(12-19(18)25-2)21-13-22-20(15)23-10-6-5-8-14-7-3-4-9-17(14)23/h3-4,7,9,11-13H,5-6,8,10H2,1-2H3. The number of benzene rings is 2. The molecule has 25 heavy (non-hydrogen) atoms. The zero-order valence-corrected chi connectivity index (χ0v) is 14.5. The van der Waals surface area contributed by atoms with Crippen molar-refractivity contribution in [3.63, 3.8) is 0 Å². The lowest BCUT2D eigenvalue weighted by Crippen LogP contribution is -2.19. The van der Waals surface area contributed by atoms with Crippen molar-refractivity contribution in [1.82, 2.24) is 9.97 Å². The summed E-state index contributed by atoms with van der Waals surface area (Å²) < 4.78 is 10.9. The maximum absolute atomic E-state index is 5.48. The minimum absolute atomic E-state index is 0.677. The molecule has 5 heteroatoms. The third kappa shape index (κ3) is 2.76. The van der Waals surface area contributed by atoms with E-state index in [2.05, 4.69) is 39.1 Å². The molecular formula is C20H21N3O2. The number of fused-ring (bicyclic) bond motifs is 2. The first-order valence-electron chi connectivity index (χ1n) is 8.54. The monoisotopic (exact) mass is 335 g/mol. The molecule has 0 unspecified atom stereocenters. The first kappa shape index (κ1) is 15.7. The van der Waals surface area contributed by atoms with Crippen LogP contribution in [0.3, 0.4) is 0 Å². The Morgan fingerprint density at radius 3 is 2.60 bits per heavy atom. The number of para-hydroxylation sites is 1. The molecule has 128 valence electrons. The Labute approximate surface area is 147 Å². The molecule has 0 aliphatic carbocycles. The van der Waals surface area contributed by atoms with E-state index in [9.17, 15) is 0 Å². The summed E-state index contributed by atoms with van der Waals surface area (Å²) in [6.07, 6.45) is 5.05. The summed E-state index contributed by atoms with van der Waals surface area (Å²) in [7, 11) is 3.28. The molecule has 1 aliphatic rings. The summed E-state index contributed by atoms with van der Waals surface area (Å²) in [4.78, 5) is 11.4. The van der Waals surface area contributed by atoms with Crippen LogP contribution in [-0.4, -0.2) is 30.7 Å². The molecule has 0 saturated carbocycles. The summed E-state index contributed by atoms with van der Waals surface area (Å²) in [6, 6.07) is 12.5. The third-order valence-electron chi connectivity index (χ3n) is 4.74. The molecule has 0 spiro atoms. The highest BCUT2D eigenvalue weighted by Crippen LogP contribution is 2.38. The van der Waals surface area contributed by atoms with Gasteiger partial charge in [-0.1, -0.05) is 18.2 Å². The lowest BCUT2D eigenvalue weighted by Gasteiger charge is -2.25. The Hall–Kier alpha value is -2.82. The number of hydrogen-bond acceptors (Lipinski definition) is 5. The van der Waals surface area contributed by atoms with E-state index in [1.165, 1.54) is 17.7 Å². The number of aryl methyl sites for hydroxylation is 1.